The molecule has 0 amide bonds. The van der Waals surface area contributed by atoms with Crippen LogP contribution in [0.3, 0.4) is 0 Å². The molecule has 198 valence electrons. The quantitative estimate of drug-likeness (QED) is 0.190. The summed E-state index contributed by atoms with van der Waals surface area (Å²) in [6.07, 6.45) is 0.481. The lowest BCUT2D eigenvalue weighted by atomic mass is 10.3. The summed E-state index contributed by atoms with van der Waals surface area (Å²) in [6, 6.07) is 9.34. The van der Waals surface area contributed by atoms with E-state index in [4.69, 9.17) is 14.9 Å². The second kappa shape index (κ2) is 15.9. The van der Waals surface area contributed by atoms with Gasteiger partial charge in [-0.15, -0.1) is 0 Å². The summed E-state index contributed by atoms with van der Waals surface area (Å²) in [5.74, 6) is -1.24. The fourth-order valence-electron chi connectivity index (χ4n) is 3.08. The van der Waals surface area contributed by atoms with Crippen LogP contribution in [0.4, 0.5) is 5.82 Å². The number of carboxylic acid groups (broad SMARTS) is 2. The van der Waals surface area contributed by atoms with Crippen molar-refractivity contribution in [3.8, 4) is 5.75 Å². The van der Waals surface area contributed by atoms with Crippen LogP contribution in [-0.4, -0.2) is 68.7 Å². The Hall–Kier alpha value is -3.90. The summed E-state index contributed by atoms with van der Waals surface area (Å²) in [4.78, 5) is 43.8. The van der Waals surface area contributed by atoms with Crippen LogP contribution >= 0.6 is 0 Å². The number of benzene rings is 1. The van der Waals surface area contributed by atoms with Crippen LogP contribution in [0, 0.1) is 6.92 Å². The number of aliphatic hydroxyl groups is 1. The van der Waals surface area contributed by atoms with Gasteiger partial charge >= 0.3 is 17.6 Å². The molecule has 0 radical (unpaired) electrons. The molecule has 0 spiro atoms. The van der Waals surface area contributed by atoms with Crippen molar-refractivity contribution < 1.29 is 29.6 Å². The van der Waals surface area contributed by atoms with Crippen molar-refractivity contribution in [2.75, 3.05) is 31.6 Å². The van der Waals surface area contributed by atoms with E-state index >= 15 is 0 Å². The standard InChI is InChI=1S/C20H30N4O4.C4H4O4/c1-4-23-18(15(3)19(26)24(5-2)20(23)27)22-12-11-21-13-16(25)14-28-17-9-7-6-8-10-17;5-3(6)1-2-4(7)8/h6-10,16,21-22,25H,4-5,11-14H2,1-3H3;1-2H,(H,5,6)(H,7,8)/b;2-1+. The first-order valence-electron chi connectivity index (χ1n) is 11.4. The highest BCUT2D eigenvalue weighted by molar-refractivity contribution is 5.89. The van der Waals surface area contributed by atoms with E-state index in [0.717, 1.165) is 5.75 Å². The Morgan fingerprint density at radius 1 is 1.00 bits per heavy atom. The number of ether oxygens (including phenoxy) is 1. The summed E-state index contributed by atoms with van der Waals surface area (Å²) in [5, 5.41) is 31.9. The fourth-order valence-corrected chi connectivity index (χ4v) is 3.08. The summed E-state index contributed by atoms with van der Waals surface area (Å²) in [7, 11) is 0. The summed E-state index contributed by atoms with van der Waals surface area (Å²) < 4.78 is 8.32. The largest absolute Gasteiger partial charge is 0.491 e. The van der Waals surface area contributed by atoms with E-state index < -0.39 is 18.0 Å². The molecule has 0 aliphatic rings. The molecule has 2 rings (SSSR count). The van der Waals surface area contributed by atoms with Crippen molar-refractivity contribution in [1.82, 2.24) is 14.5 Å². The van der Waals surface area contributed by atoms with E-state index in [0.29, 0.717) is 56.3 Å². The molecule has 36 heavy (non-hydrogen) atoms. The molecule has 1 atom stereocenters. The minimum absolute atomic E-state index is 0.203. The van der Waals surface area contributed by atoms with Crippen molar-refractivity contribution in [2.24, 2.45) is 0 Å². The number of nitrogens with zero attached hydrogens (tertiary/aromatic N) is 2. The molecule has 1 unspecified atom stereocenters. The van der Waals surface area contributed by atoms with E-state index in [2.05, 4.69) is 10.6 Å². The molecular weight excluding hydrogens is 472 g/mol. The lowest BCUT2D eigenvalue weighted by molar-refractivity contribution is -0.134. The van der Waals surface area contributed by atoms with Gasteiger partial charge in [0.05, 0.1) is 5.56 Å². The molecule has 5 N–H and O–H groups in total. The molecule has 1 heterocycles. The average Bonchev–Trinajstić information content (AvgIpc) is 2.85. The zero-order valence-electron chi connectivity index (χ0n) is 20.6. The second-order valence-electron chi connectivity index (χ2n) is 7.47. The van der Waals surface area contributed by atoms with Crippen molar-refractivity contribution >= 4 is 17.8 Å². The van der Waals surface area contributed by atoms with Gasteiger partial charge in [0.15, 0.2) is 0 Å². The number of aliphatic hydroxyl groups excluding tert-OH is 1. The number of anilines is 1. The van der Waals surface area contributed by atoms with Crippen LogP contribution in [0.15, 0.2) is 52.1 Å². The molecule has 0 aliphatic carbocycles. The minimum Gasteiger partial charge on any atom is -0.491 e. The van der Waals surface area contributed by atoms with E-state index in [9.17, 15) is 24.3 Å². The molecule has 0 fully saturated rings. The Labute approximate surface area is 208 Å². The highest BCUT2D eigenvalue weighted by atomic mass is 16.5. The van der Waals surface area contributed by atoms with Gasteiger partial charge in [-0.3, -0.25) is 13.9 Å². The molecule has 0 aliphatic heterocycles. The minimum atomic E-state index is -1.26. The Kier molecular flexibility index (Phi) is 13.3. The van der Waals surface area contributed by atoms with Crippen molar-refractivity contribution in [3.63, 3.8) is 0 Å². The maximum Gasteiger partial charge on any atom is 0.332 e. The highest BCUT2D eigenvalue weighted by Gasteiger charge is 2.14. The third-order valence-electron chi connectivity index (χ3n) is 4.81. The van der Waals surface area contributed by atoms with Crippen LogP contribution < -0.4 is 26.6 Å². The van der Waals surface area contributed by atoms with Gasteiger partial charge < -0.3 is 30.7 Å². The zero-order valence-corrected chi connectivity index (χ0v) is 20.6. The lowest BCUT2D eigenvalue weighted by Crippen LogP contribution is -2.42. The predicted octanol–water partition coefficient (Wildman–Crippen LogP) is 0.511. The van der Waals surface area contributed by atoms with Crippen molar-refractivity contribution in [1.29, 1.82) is 0 Å². The third-order valence-corrected chi connectivity index (χ3v) is 4.81. The molecule has 12 nitrogen and oxygen atoms in total. The first-order valence-corrected chi connectivity index (χ1v) is 11.4. The monoisotopic (exact) mass is 506 g/mol. The van der Waals surface area contributed by atoms with Gasteiger partial charge in [-0.05, 0) is 32.9 Å². The maximum atomic E-state index is 12.4. The van der Waals surface area contributed by atoms with Gasteiger partial charge in [-0.1, -0.05) is 18.2 Å². The first kappa shape index (κ1) is 30.1. The number of hydrogen-bond donors (Lipinski definition) is 5. The number of nitrogens with one attached hydrogen (secondary N) is 2. The first-order chi connectivity index (χ1) is 17.1. The number of rotatable bonds is 13. The summed E-state index contributed by atoms with van der Waals surface area (Å²) >= 11 is 0. The zero-order chi connectivity index (χ0) is 27.1. The van der Waals surface area contributed by atoms with E-state index in [1.165, 1.54) is 4.57 Å². The van der Waals surface area contributed by atoms with Gasteiger partial charge in [-0.25, -0.2) is 14.4 Å². The molecule has 1 aromatic carbocycles. The third kappa shape index (κ3) is 10.2. The van der Waals surface area contributed by atoms with Crippen LogP contribution in [0.5, 0.6) is 5.75 Å². The van der Waals surface area contributed by atoms with Gasteiger partial charge in [0.1, 0.15) is 24.3 Å². The van der Waals surface area contributed by atoms with Crippen LogP contribution in [-0.2, 0) is 22.7 Å². The Bertz CT molecular complexity index is 1110. The molecule has 1 aromatic heterocycles. The van der Waals surface area contributed by atoms with Crippen molar-refractivity contribution in [2.45, 2.75) is 40.0 Å². The Morgan fingerprint density at radius 3 is 2.11 bits per heavy atom. The van der Waals surface area contributed by atoms with E-state index in [-0.39, 0.29) is 17.9 Å². The molecular formula is C24H34N4O8. The Balaban J connectivity index is 0.000000697. The SMILES string of the molecule is CCn1c(NCCNCC(O)COc2ccccc2)c(C)c(=O)n(CC)c1=O.O=C(O)/C=C/C(=O)O. The number of aliphatic carboxylic acids is 2. The van der Waals surface area contributed by atoms with Gasteiger partial charge in [0.25, 0.3) is 5.56 Å². The Morgan fingerprint density at radius 2 is 1.58 bits per heavy atom. The summed E-state index contributed by atoms with van der Waals surface area (Å²) in [5.41, 5.74) is -0.0368. The van der Waals surface area contributed by atoms with Crippen LogP contribution in [0.25, 0.3) is 0 Å². The van der Waals surface area contributed by atoms with Gasteiger partial charge in [0, 0.05) is 44.9 Å². The average molecular weight is 507 g/mol. The summed E-state index contributed by atoms with van der Waals surface area (Å²) in [6.45, 7) is 7.87. The number of carbonyl (C=O) groups is 2. The molecule has 2 aromatic rings. The second-order valence-corrected chi connectivity index (χ2v) is 7.47. The smallest absolute Gasteiger partial charge is 0.332 e. The molecule has 12 heteroatoms. The molecule has 0 saturated heterocycles. The van der Waals surface area contributed by atoms with Crippen molar-refractivity contribution in [3.05, 3.63) is 68.9 Å². The van der Waals surface area contributed by atoms with E-state index in [1.54, 1.807) is 18.4 Å². The molecule has 0 bridgehead atoms. The fraction of sp³-hybridized carbons (Fsp3) is 0.417. The molecule has 0 saturated carbocycles. The maximum absolute atomic E-state index is 12.4. The van der Waals surface area contributed by atoms with Crippen LogP contribution in [0.1, 0.15) is 19.4 Å². The highest BCUT2D eigenvalue weighted by Crippen LogP contribution is 2.09. The number of carboxylic acids is 2. The van der Waals surface area contributed by atoms with Gasteiger partial charge in [0.2, 0.25) is 0 Å². The topological polar surface area (TPSA) is 172 Å². The van der Waals surface area contributed by atoms with Crippen LogP contribution in [0.2, 0.25) is 0 Å². The number of aromatic nitrogens is 2. The lowest BCUT2D eigenvalue weighted by Gasteiger charge is -2.18. The van der Waals surface area contributed by atoms with E-state index in [1.807, 2.05) is 37.3 Å². The number of para-hydroxylation sites is 1. The number of hydrogen-bond acceptors (Lipinski definition) is 8. The van der Waals surface area contributed by atoms with Gasteiger partial charge in [-0.2, -0.15) is 0 Å². The normalized spacial score (nSPS) is 11.4. The predicted molar refractivity (Wildman–Crippen MR) is 135 cm³/mol.